The molecule has 0 saturated heterocycles. The highest BCUT2D eigenvalue weighted by atomic mass is 79.9. The summed E-state index contributed by atoms with van der Waals surface area (Å²) in [6.07, 6.45) is 0. The lowest BCUT2D eigenvalue weighted by Crippen LogP contribution is -1.98. The molecule has 100 valence electrons. The molecule has 0 saturated carbocycles. The number of thiophene rings is 1. The van der Waals surface area contributed by atoms with E-state index in [-0.39, 0.29) is 11.5 Å². The van der Waals surface area contributed by atoms with Crippen LogP contribution in [0, 0.1) is 0 Å². The molecule has 1 aromatic carbocycles. The number of aromatic carboxylic acids is 1. The Morgan fingerprint density at radius 2 is 1.95 bits per heavy atom. The Labute approximate surface area is 126 Å². The van der Waals surface area contributed by atoms with Gasteiger partial charge in [-0.2, -0.15) is 0 Å². The van der Waals surface area contributed by atoms with Crippen molar-refractivity contribution in [3.8, 4) is 22.1 Å². The lowest BCUT2D eigenvalue weighted by atomic mass is 10.2. The van der Waals surface area contributed by atoms with Crippen LogP contribution in [0.5, 0.6) is 0 Å². The van der Waals surface area contributed by atoms with Gasteiger partial charge < -0.3 is 9.52 Å². The number of carboxylic acid groups (broad SMARTS) is 1. The van der Waals surface area contributed by atoms with Crippen LogP contribution in [0.15, 0.2) is 50.7 Å². The van der Waals surface area contributed by atoms with E-state index in [0.29, 0.717) is 5.89 Å². The number of nitrogens with zero attached hydrogens (tertiary/aromatic N) is 1. The summed E-state index contributed by atoms with van der Waals surface area (Å²) in [5, 5.41) is 9.26. The number of carbonyl (C=O) groups is 1. The summed E-state index contributed by atoms with van der Waals surface area (Å²) in [7, 11) is 0. The zero-order valence-electron chi connectivity index (χ0n) is 10.0. The first-order valence-corrected chi connectivity index (χ1v) is 7.31. The number of halogens is 1. The summed E-state index contributed by atoms with van der Waals surface area (Å²) in [6.45, 7) is 0. The van der Waals surface area contributed by atoms with Gasteiger partial charge in [-0.15, -0.1) is 11.3 Å². The second-order valence-electron chi connectivity index (χ2n) is 3.97. The van der Waals surface area contributed by atoms with Gasteiger partial charge in [-0.3, -0.25) is 0 Å². The van der Waals surface area contributed by atoms with Crippen molar-refractivity contribution in [2.24, 2.45) is 0 Å². The standard InChI is InChI=1S/C14H8BrNO3S/c15-10-7-6-9(20-10)12-11(14(17)18)16-13(19-12)8-4-2-1-3-5-8/h1-7H,(H,17,18). The van der Waals surface area contributed by atoms with E-state index in [2.05, 4.69) is 20.9 Å². The number of aromatic nitrogens is 1. The fourth-order valence-corrected chi connectivity index (χ4v) is 3.14. The fraction of sp³-hybridized carbons (Fsp3) is 0. The molecule has 0 radical (unpaired) electrons. The van der Waals surface area contributed by atoms with Gasteiger partial charge in [0.1, 0.15) is 0 Å². The number of hydrogen-bond donors (Lipinski definition) is 1. The van der Waals surface area contributed by atoms with Crippen LogP contribution in [0.1, 0.15) is 10.5 Å². The van der Waals surface area contributed by atoms with E-state index in [1.54, 1.807) is 6.07 Å². The molecule has 4 nitrogen and oxygen atoms in total. The second kappa shape index (κ2) is 5.22. The Bertz CT molecular complexity index is 764. The first-order valence-electron chi connectivity index (χ1n) is 5.70. The molecule has 0 fully saturated rings. The molecule has 0 spiro atoms. The molecule has 3 rings (SSSR count). The Morgan fingerprint density at radius 1 is 1.20 bits per heavy atom. The Kier molecular flexibility index (Phi) is 3.42. The first kappa shape index (κ1) is 13.1. The van der Waals surface area contributed by atoms with E-state index in [4.69, 9.17) is 4.42 Å². The van der Waals surface area contributed by atoms with Crippen LogP contribution in [0.4, 0.5) is 0 Å². The molecule has 0 amide bonds. The van der Waals surface area contributed by atoms with Gasteiger partial charge in [0.05, 0.1) is 8.66 Å². The largest absolute Gasteiger partial charge is 0.476 e. The SMILES string of the molecule is O=C(O)c1nc(-c2ccccc2)oc1-c1ccc(Br)s1. The molecule has 0 aliphatic carbocycles. The van der Waals surface area contributed by atoms with E-state index in [1.807, 2.05) is 36.4 Å². The first-order chi connectivity index (χ1) is 9.65. The number of rotatable bonds is 3. The maximum atomic E-state index is 11.3. The van der Waals surface area contributed by atoms with Crippen LogP contribution >= 0.6 is 27.3 Å². The average Bonchev–Trinajstić information content (AvgIpc) is 3.05. The van der Waals surface area contributed by atoms with Crippen LogP contribution in [0.25, 0.3) is 22.1 Å². The molecule has 2 aromatic heterocycles. The Balaban J connectivity index is 2.15. The lowest BCUT2D eigenvalue weighted by molar-refractivity contribution is 0.0691. The second-order valence-corrected chi connectivity index (χ2v) is 6.43. The number of benzene rings is 1. The highest BCUT2D eigenvalue weighted by Gasteiger charge is 2.22. The molecule has 0 bridgehead atoms. The molecule has 0 atom stereocenters. The minimum Gasteiger partial charge on any atom is -0.476 e. The molecule has 1 N–H and O–H groups in total. The van der Waals surface area contributed by atoms with Gasteiger partial charge >= 0.3 is 5.97 Å². The molecular weight excluding hydrogens is 342 g/mol. The summed E-state index contributed by atoms with van der Waals surface area (Å²) in [5.41, 5.74) is 0.676. The summed E-state index contributed by atoms with van der Waals surface area (Å²) in [4.78, 5) is 16.1. The van der Waals surface area contributed by atoms with Gasteiger partial charge in [-0.25, -0.2) is 9.78 Å². The van der Waals surface area contributed by atoms with Crippen molar-refractivity contribution in [2.75, 3.05) is 0 Å². The predicted molar refractivity (Wildman–Crippen MR) is 79.9 cm³/mol. The summed E-state index contributed by atoms with van der Waals surface area (Å²) in [6, 6.07) is 12.9. The third-order valence-electron chi connectivity index (χ3n) is 2.65. The van der Waals surface area contributed by atoms with E-state index in [0.717, 1.165) is 14.2 Å². The minimum absolute atomic E-state index is 0.0711. The molecule has 0 unspecified atom stereocenters. The summed E-state index contributed by atoms with van der Waals surface area (Å²) < 4.78 is 6.56. The Hall–Kier alpha value is -1.92. The van der Waals surface area contributed by atoms with Crippen LogP contribution in [-0.2, 0) is 0 Å². The molecule has 0 aliphatic heterocycles. The third-order valence-corrected chi connectivity index (χ3v) is 4.27. The molecule has 0 aliphatic rings. The predicted octanol–water partition coefficient (Wildman–Crippen LogP) is 4.53. The maximum Gasteiger partial charge on any atom is 0.358 e. The van der Waals surface area contributed by atoms with E-state index in [1.165, 1.54) is 11.3 Å². The monoisotopic (exact) mass is 349 g/mol. The van der Waals surface area contributed by atoms with Gasteiger partial charge in [0, 0.05) is 5.56 Å². The summed E-state index contributed by atoms with van der Waals surface area (Å²) >= 11 is 4.75. The van der Waals surface area contributed by atoms with Gasteiger partial charge in [-0.1, -0.05) is 18.2 Å². The van der Waals surface area contributed by atoms with Crippen molar-refractivity contribution < 1.29 is 14.3 Å². The number of hydrogen-bond acceptors (Lipinski definition) is 4. The van der Waals surface area contributed by atoms with Crippen LogP contribution in [-0.4, -0.2) is 16.1 Å². The highest BCUT2D eigenvalue weighted by Crippen LogP contribution is 2.36. The van der Waals surface area contributed by atoms with Crippen molar-refractivity contribution in [1.82, 2.24) is 4.98 Å². The third kappa shape index (κ3) is 2.39. The fourth-order valence-electron chi connectivity index (χ4n) is 1.77. The molecule has 2 heterocycles. The zero-order valence-corrected chi connectivity index (χ0v) is 12.4. The van der Waals surface area contributed by atoms with Crippen molar-refractivity contribution in [1.29, 1.82) is 0 Å². The van der Waals surface area contributed by atoms with Crippen molar-refractivity contribution in [3.63, 3.8) is 0 Å². The lowest BCUT2D eigenvalue weighted by Gasteiger charge is -1.93. The van der Waals surface area contributed by atoms with Crippen LogP contribution in [0.3, 0.4) is 0 Å². The normalized spacial score (nSPS) is 10.7. The smallest absolute Gasteiger partial charge is 0.358 e. The highest BCUT2D eigenvalue weighted by molar-refractivity contribution is 9.11. The van der Waals surface area contributed by atoms with Gasteiger partial charge in [0.2, 0.25) is 5.89 Å². The number of oxazole rings is 1. The number of carboxylic acids is 1. The topological polar surface area (TPSA) is 63.3 Å². The molecule has 3 aromatic rings. The van der Waals surface area contributed by atoms with Gasteiger partial charge in [-0.05, 0) is 40.2 Å². The van der Waals surface area contributed by atoms with Crippen LogP contribution < -0.4 is 0 Å². The van der Waals surface area contributed by atoms with Crippen molar-refractivity contribution in [3.05, 3.63) is 51.9 Å². The minimum atomic E-state index is -1.10. The van der Waals surface area contributed by atoms with E-state index < -0.39 is 5.97 Å². The van der Waals surface area contributed by atoms with Crippen LogP contribution in [0.2, 0.25) is 0 Å². The van der Waals surface area contributed by atoms with E-state index in [9.17, 15) is 9.90 Å². The van der Waals surface area contributed by atoms with Crippen molar-refractivity contribution >= 4 is 33.2 Å². The average molecular weight is 350 g/mol. The summed E-state index contributed by atoms with van der Waals surface area (Å²) in [5.74, 6) is -0.509. The van der Waals surface area contributed by atoms with Crippen molar-refractivity contribution in [2.45, 2.75) is 0 Å². The molecular formula is C14H8BrNO3S. The molecule has 6 heteroatoms. The van der Waals surface area contributed by atoms with Gasteiger partial charge in [0.25, 0.3) is 0 Å². The quantitative estimate of drug-likeness (QED) is 0.754. The van der Waals surface area contributed by atoms with E-state index >= 15 is 0 Å². The molecule has 20 heavy (non-hydrogen) atoms. The zero-order chi connectivity index (χ0) is 14.1. The van der Waals surface area contributed by atoms with Gasteiger partial charge in [0.15, 0.2) is 11.5 Å². The maximum absolute atomic E-state index is 11.3. The Morgan fingerprint density at radius 3 is 2.55 bits per heavy atom.